The molecule has 0 aliphatic carbocycles. The third-order valence-electron chi connectivity index (χ3n) is 3.07. The zero-order valence-corrected chi connectivity index (χ0v) is 10.2. The maximum absolute atomic E-state index is 5.59. The molecule has 1 aromatic heterocycles. The van der Waals surface area contributed by atoms with Crippen LogP contribution in [0.25, 0.3) is 11.1 Å². The Morgan fingerprint density at radius 3 is 3.06 bits per heavy atom. The van der Waals surface area contributed by atoms with E-state index in [1.165, 1.54) is 5.57 Å². The number of rotatable bonds is 4. The zero-order chi connectivity index (χ0) is 12.2. The Labute approximate surface area is 106 Å². The van der Waals surface area contributed by atoms with E-state index in [0.717, 1.165) is 43.7 Å². The average molecular weight is 244 g/mol. The van der Waals surface area contributed by atoms with Crippen molar-refractivity contribution < 1.29 is 9.15 Å². The quantitative estimate of drug-likeness (QED) is 0.840. The van der Waals surface area contributed by atoms with E-state index in [4.69, 9.17) is 9.15 Å². The SMILES string of the molecule is C1=C(CCNc2nc3ccccc3o2)CCOC1. The van der Waals surface area contributed by atoms with Gasteiger partial charge in [-0.15, -0.1) is 0 Å². The van der Waals surface area contributed by atoms with Gasteiger partial charge < -0.3 is 14.5 Å². The van der Waals surface area contributed by atoms with Gasteiger partial charge in [0.1, 0.15) is 5.52 Å². The van der Waals surface area contributed by atoms with Gasteiger partial charge >= 0.3 is 0 Å². The van der Waals surface area contributed by atoms with Gasteiger partial charge in [0.15, 0.2) is 5.58 Å². The van der Waals surface area contributed by atoms with Gasteiger partial charge in [-0.1, -0.05) is 23.8 Å². The molecular weight excluding hydrogens is 228 g/mol. The largest absolute Gasteiger partial charge is 0.424 e. The highest BCUT2D eigenvalue weighted by Crippen LogP contribution is 2.18. The molecule has 1 aromatic carbocycles. The van der Waals surface area contributed by atoms with Gasteiger partial charge in [-0.25, -0.2) is 0 Å². The molecule has 0 saturated heterocycles. The fourth-order valence-electron chi connectivity index (χ4n) is 2.07. The van der Waals surface area contributed by atoms with Crippen LogP contribution in [0.2, 0.25) is 0 Å². The number of benzene rings is 1. The first-order chi connectivity index (χ1) is 8.92. The molecule has 0 amide bonds. The lowest BCUT2D eigenvalue weighted by Crippen LogP contribution is -2.09. The number of ether oxygens (including phenoxy) is 1. The molecule has 1 aliphatic rings. The minimum Gasteiger partial charge on any atom is -0.424 e. The Morgan fingerprint density at radius 2 is 2.22 bits per heavy atom. The molecule has 2 heterocycles. The van der Waals surface area contributed by atoms with Crippen LogP contribution in [0.1, 0.15) is 12.8 Å². The van der Waals surface area contributed by atoms with Crippen LogP contribution in [-0.2, 0) is 4.74 Å². The number of fused-ring (bicyclic) bond motifs is 1. The summed E-state index contributed by atoms with van der Waals surface area (Å²) in [5.74, 6) is 0. The number of aromatic nitrogens is 1. The fraction of sp³-hybridized carbons (Fsp3) is 0.357. The first-order valence-corrected chi connectivity index (χ1v) is 6.27. The summed E-state index contributed by atoms with van der Waals surface area (Å²) in [7, 11) is 0. The van der Waals surface area contributed by atoms with Crippen LogP contribution in [0.4, 0.5) is 6.01 Å². The van der Waals surface area contributed by atoms with Crippen LogP contribution in [0, 0.1) is 0 Å². The van der Waals surface area contributed by atoms with E-state index in [0.29, 0.717) is 6.01 Å². The zero-order valence-electron chi connectivity index (χ0n) is 10.2. The molecule has 3 rings (SSSR count). The Kier molecular flexibility index (Phi) is 3.28. The van der Waals surface area contributed by atoms with E-state index in [1.54, 1.807) is 0 Å². The van der Waals surface area contributed by atoms with Crippen molar-refractivity contribution in [2.75, 3.05) is 25.1 Å². The van der Waals surface area contributed by atoms with Gasteiger partial charge in [-0.3, -0.25) is 0 Å². The summed E-state index contributed by atoms with van der Waals surface area (Å²) in [4.78, 5) is 4.37. The smallest absolute Gasteiger partial charge is 0.295 e. The number of para-hydroxylation sites is 2. The Morgan fingerprint density at radius 1 is 1.28 bits per heavy atom. The van der Waals surface area contributed by atoms with Gasteiger partial charge in [-0.05, 0) is 25.0 Å². The van der Waals surface area contributed by atoms with Crippen LogP contribution < -0.4 is 5.32 Å². The average Bonchev–Trinajstić information content (AvgIpc) is 2.82. The van der Waals surface area contributed by atoms with E-state index in [-0.39, 0.29) is 0 Å². The molecule has 18 heavy (non-hydrogen) atoms. The van der Waals surface area contributed by atoms with Gasteiger partial charge in [0, 0.05) is 6.54 Å². The molecule has 0 unspecified atom stereocenters. The highest BCUT2D eigenvalue weighted by Gasteiger charge is 2.06. The van der Waals surface area contributed by atoms with E-state index in [2.05, 4.69) is 16.4 Å². The lowest BCUT2D eigenvalue weighted by molar-refractivity contribution is 0.153. The third kappa shape index (κ3) is 2.54. The molecule has 1 aliphatic heterocycles. The maximum atomic E-state index is 5.59. The molecule has 2 aromatic rings. The van der Waals surface area contributed by atoms with E-state index in [1.807, 2.05) is 24.3 Å². The fourth-order valence-corrected chi connectivity index (χ4v) is 2.07. The second kappa shape index (κ2) is 5.23. The molecular formula is C14H16N2O2. The van der Waals surface area contributed by atoms with Crippen molar-refractivity contribution in [3.63, 3.8) is 0 Å². The lowest BCUT2D eigenvalue weighted by Gasteiger charge is -2.13. The second-order valence-corrected chi connectivity index (χ2v) is 4.35. The van der Waals surface area contributed by atoms with Gasteiger partial charge in [0.2, 0.25) is 0 Å². The molecule has 0 saturated carbocycles. The number of hydrogen-bond acceptors (Lipinski definition) is 4. The van der Waals surface area contributed by atoms with Gasteiger partial charge in [0.05, 0.1) is 13.2 Å². The summed E-state index contributed by atoms with van der Waals surface area (Å²) < 4.78 is 10.9. The summed E-state index contributed by atoms with van der Waals surface area (Å²) in [5, 5.41) is 3.22. The van der Waals surface area contributed by atoms with Crippen molar-refractivity contribution in [3.05, 3.63) is 35.9 Å². The summed E-state index contributed by atoms with van der Waals surface area (Å²) in [6, 6.07) is 8.38. The lowest BCUT2D eigenvalue weighted by atomic mass is 10.1. The minimum atomic E-state index is 0.601. The normalized spacial score (nSPS) is 15.7. The van der Waals surface area contributed by atoms with Gasteiger partial charge in [-0.2, -0.15) is 4.98 Å². The molecule has 94 valence electrons. The Bertz CT molecular complexity index is 527. The van der Waals surface area contributed by atoms with Crippen molar-refractivity contribution in [1.29, 1.82) is 0 Å². The summed E-state index contributed by atoms with van der Waals surface area (Å²) >= 11 is 0. The summed E-state index contributed by atoms with van der Waals surface area (Å²) in [6.07, 6.45) is 4.22. The number of nitrogens with one attached hydrogen (secondary N) is 1. The Hall–Kier alpha value is -1.81. The van der Waals surface area contributed by atoms with Crippen LogP contribution in [0.15, 0.2) is 40.3 Å². The molecule has 1 N–H and O–H groups in total. The predicted molar refractivity (Wildman–Crippen MR) is 70.6 cm³/mol. The van der Waals surface area contributed by atoms with E-state index in [9.17, 15) is 0 Å². The number of hydrogen-bond donors (Lipinski definition) is 1. The molecule has 4 nitrogen and oxygen atoms in total. The van der Waals surface area contributed by atoms with Crippen molar-refractivity contribution in [3.8, 4) is 0 Å². The van der Waals surface area contributed by atoms with Crippen molar-refractivity contribution in [2.45, 2.75) is 12.8 Å². The minimum absolute atomic E-state index is 0.601. The highest BCUT2D eigenvalue weighted by molar-refractivity contribution is 5.74. The standard InChI is InChI=1S/C14H16N2O2/c1-2-4-13-12(3-1)16-14(18-13)15-8-5-11-6-9-17-10-7-11/h1-4,6H,5,7-10H2,(H,15,16). The van der Waals surface area contributed by atoms with Gasteiger partial charge in [0.25, 0.3) is 6.01 Å². The third-order valence-corrected chi connectivity index (χ3v) is 3.07. The van der Waals surface area contributed by atoms with Crippen LogP contribution in [0.5, 0.6) is 0 Å². The first-order valence-electron chi connectivity index (χ1n) is 6.27. The molecule has 4 heteroatoms. The predicted octanol–water partition coefficient (Wildman–Crippen LogP) is 2.98. The number of oxazole rings is 1. The topological polar surface area (TPSA) is 47.3 Å². The molecule has 0 spiro atoms. The number of nitrogens with zero attached hydrogens (tertiary/aromatic N) is 1. The molecule has 0 radical (unpaired) electrons. The van der Waals surface area contributed by atoms with Crippen molar-refractivity contribution in [1.82, 2.24) is 4.98 Å². The number of anilines is 1. The maximum Gasteiger partial charge on any atom is 0.295 e. The Balaban J connectivity index is 1.58. The van der Waals surface area contributed by atoms with Crippen LogP contribution >= 0.6 is 0 Å². The van der Waals surface area contributed by atoms with Crippen LogP contribution in [0.3, 0.4) is 0 Å². The van der Waals surface area contributed by atoms with E-state index < -0.39 is 0 Å². The summed E-state index contributed by atoms with van der Waals surface area (Å²) in [5.41, 5.74) is 3.17. The van der Waals surface area contributed by atoms with Crippen LogP contribution in [-0.4, -0.2) is 24.7 Å². The molecule has 0 atom stereocenters. The van der Waals surface area contributed by atoms with Crippen molar-refractivity contribution >= 4 is 17.1 Å². The summed E-state index contributed by atoms with van der Waals surface area (Å²) in [6.45, 7) is 2.44. The molecule has 0 fully saturated rings. The van der Waals surface area contributed by atoms with Crippen molar-refractivity contribution in [2.24, 2.45) is 0 Å². The first kappa shape index (κ1) is 11.3. The highest BCUT2D eigenvalue weighted by atomic mass is 16.5. The monoisotopic (exact) mass is 244 g/mol. The molecule has 0 bridgehead atoms. The van der Waals surface area contributed by atoms with E-state index >= 15 is 0 Å². The second-order valence-electron chi connectivity index (χ2n) is 4.35.